The Hall–Kier alpha value is -1.89. The van der Waals surface area contributed by atoms with Gasteiger partial charge in [0.15, 0.2) is 5.84 Å². The number of morpholine rings is 1. The van der Waals surface area contributed by atoms with E-state index < -0.39 is 0 Å². The fourth-order valence-corrected chi connectivity index (χ4v) is 2.03. The molecule has 0 radical (unpaired) electrons. The predicted octanol–water partition coefficient (Wildman–Crippen LogP) is 0.185. The molecule has 2 rings (SSSR count). The normalized spacial score (nSPS) is 25.2. The number of aromatic nitrogens is 2. The zero-order valence-electron chi connectivity index (χ0n) is 10.4. The number of nitrogens with zero attached hydrogens (tertiary/aromatic N) is 4. The highest BCUT2D eigenvalue weighted by atomic mass is 16.5. The molecule has 1 aromatic rings. The molecule has 2 heterocycles. The minimum absolute atomic E-state index is 0.0437. The van der Waals surface area contributed by atoms with Crippen LogP contribution in [0.1, 0.15) is 19.5 Å². The Bertz CT molecular complexity index is 424. The molecule has 1 fully saturated rings. The van der Waals surface area contributed by atoms with Gasteiger partial charge in [0.2, 0.25) is 0 Å². The predicted molar refractivity (Wildman–Crippen MR) is 66.8 cm³/mol. The van der Waals surface area contributed by atoms with E-state index in [0.717, 1.165) is 18.9 Å². The van der Waals surface area contributed by atoms with Gasteiger partial charge in [-0.3, -0.25) is 0 Å². The third kappa shape index (κ3) is 2.67. The van der Waals surface area contributed by atoms with E-state index in [2.05, 4.69) is 20.0 Å². The first kappa shape index (κ1) is 12.6. The molecule has 2 unspecified atom stereocenters. The van der Waals surface area contributed by atoms with Gasteiger partial charge in [0.05, 0.1) is 24.6 Å². The van der Waals surface area contributed by atoms with Crippen LogP contribution in [0.3, 0.4) is 0 Å². The Kier molecular flexibility index (Phi) is 3.61. The topological polar surface area (TPSA) is 96.9 Å². The van der Waals surface area contributed by atoms with Crippen LogP contribution >= 0.6 is 0 Å². The molecule has 1 aliphatic rings. The van der Waals surface area contributed by atoms with Crippen molar-refractivity contribution in [3.63, 3.8) is 0 Å². The smallest absolute Gasteiger partial charge is 0.190 e. The van der Waals surface area contributed by atoms with E-state index in [4.69, 9.17) is 15.7 Å². The van der Waals surface area contributed by atoms with E-state index in [0.29, 0.717) is 5.69 Å². The van der Waals surface area contributed by atoms with Crippen LogP contribution in [0.5, 0.6) is 0 Å². The van der Waals surface area contributed by atoms with Gasteiger partial charge in [0, 0.05) is 13.1 Å². The first-order chi connectivity index (χ1) is 8.60. The average molecular weight is 251 g/mol. The highest BCUT2D eigenvalue weighted by molar-refractivity contribution is 5.94. The summed E-state index contributed by atoms with van der Waals surface area (Å²) in [6.07, 6.45) is 3.45. The highest BCUT2D eigenvalue weighted by Crippen LogP contribution is 2.17. The molecule has 1 aromatic heterocycles. The van der Waals surface area contributed by atoms with Gasteiger partial charge in [0.25, 0.3) is 0 Å². The number of rotatable bonds is 2. The van der Waals surface area contributed by atoms with Gasteiger partial charge in [-0.15, -0.1) is 0 Å². The maximum Gasteiger partial charge on any atom is 0.190 e. The first-order valence-electron chi connectivity index (χ1n) is 5.80. The maximum atomic E-state index is 8.54. The van der Waals surface area contributed by atoms with Crippen molar-refractivity contribution >= 4 is 11.7 Å². The lowest BCUT2D eigenvalue weighted by Crippen LogP contribution is -2.45. The average Bonchev–Trinajstić information content (AvgIpc) is 2.37. The van der Waals surface area contributed by atoms with Crippen LogP contribution in [0.15, 0.2) is 17.5 Å². The molecule has 7 nitrogen and oxygen atoms in total. The van der Waals surface area contributed by atoms with Crippen molar-refractivity contribution in [1.82, 2.24) is 9.97 Å². The van der Waals surface area contributed by atoms with Gasteiger partial charge < -0.3 is 20.6 Å². The molecular weight excluding hydrogens is 234 g/mol. The number of hydrogen-bond acceptors (Lipinski definition) is 6. The van der Waals surface area contributed by atoms with Crippen molar-refractivity contribution in [3.8, 4) is 0 Å². The lowest BCUT2D eigenvalue weighted by molar-refractivity contribution is -0.00547. The molecule has 3 N–H and O–H groups in total. The van der Waals surface area contributed by atoms with E-state index in [9.17, 15) is 0 Å². The lowest BCUT2D eigenvalue weighted by atomic mass is 10.2. The second kappa shape index (κ2) is 5.18. The summed E-state index contributed by atoms with van der Waals surface area (Å²) in [5.74, 6) is 0.726. The monoisotopic (exact) mass is 251 g/mol. The van der Waals surface area contributed by atoms with Gasteiger partial charge in [-0.2, -0.15) is 0 Å². The number of ether oxygens (including phenoxy) is 1. The van der Waals surface area contributed by atoms with E-state index in [1.54, 1.807) is 6.20 Å². The second-order valence-corrected chi connectivity index (χ2v) is 4.41. The summed E-state index contributed by atoms with van der Waals surface area (Å²) in [4.78, 5) is 10.5. The zero-order valence-corrected chi connectivity index (χ0v) is 10.4. The van der Waals surface area contributed by atoms with Gasteiger partial charge >= 0.3 is 0 Å². The molecule has 0 bridgehead atoms. The third-order valence-corrected chi connectivity index (χ3v) is 2.75. The van der Waals surface area contributed by atoms with E-state index >= 15 is 0 Å². The lowest BCUT2D eigenvalue weighted by Gasteiger charge is -2.35. The van der Waals surface area contributed by atoms with Crippen LogP contribution in [-0.4, -0.2) is 46.3 Å². The molecule has 0 aromatic carbocycles. The van der Waals surface area contributed by atoms with Crippen molar-refractivity contribution in [2.24, 2.45) is 10.9 Å². The number of hydrogen-bond donors (Lipinski definition) is 2. The quantitative estimate of drug-likeness (QED) is 0.337. The van der Waals surface area contributed by atoms with Crippen LogP contribution in [0.2, 0.25) is 0 Å². The van der Waals surface area contributed by atoms with E-state index in [1.807, 2.05) is 13.8 Å². The van der Waals surface area contributed by atoms with Gasteiger partial charge in [-0.25, -0.2) is 9.97 Å². The summed E-state index contributed by atoms with van der Waals surface area (Å²) >= 11 is 0. The molecular formula is C11H17N5O2. The Labute approximate surface area is 105 Å². The minimum atomic E-state index is -0.0437. The molecule has 98 valence electrons. The van der Waals surface area contributed by atoms with Crippen LogP contribution in [-0.2, 0) is 4.74 Å². The molecule has 0 saturated carbocycles. The van der Waals surface area contributed by atoms with Crippen molar-refractivity contribution < 1.29 is 9.94 Å². The Balaban J connectivity index is 2.14. The van der Waals surface area contributed by atoms with Crippen LogP contribution in [0.25, 0.3) is 0 Å². The largest absolute Gasteiger partial charge is 0.409 e. The van der Waals surface area contributed by atoms with Crippen molar-refractivity contribution in [3.05, 3.63) is 18.1 Å². The maximum absolute atomic E-state index is 8.54. The number of amidine groups is 1. The second-order valence-electron chi connectivity index (χ2n) is 4.41. The molecule has 0 amide bonds. The number of anilines is 1. The van der Waals surface area contributed by atoms with Crippen molar-refractivity contribution in [1.29, 1.82) is 0 Å². The summed E-state index contributed by atoms with van der Waals surface area (Å²) < 4.78 is 5.66. The summed E-state index contributed by atoms with van der Waals surface area (Å²) in [5.41, 5.74) is 5.79. The highest BCUT2D eigenvalue weighted by Gasteiger charge is 2.23. The summed E-state index contributed by atoms with van der Waals surface area (Å²) in [5, 5.41) is 11.4. The third-order valence-electron chi connectivity index (χ3n) is 2.75. The summed E-state index contributed by atoms with van der Waals surface area (Å²) in [6.45, 7) is 5.62. The number of oxime groups is 1. The standard InChI is InChI=1S/C11H17N5O2/c1-7-5-16(6-8(2)18-7)10-4-13-9(3-14-10)11(12)15-17/h3-4,7-8,17H,5-6H2,1-2H3,(H2,12,15). The van der Waals surface area contributed by atoms with Gasteiger partial charge in [-0.05, 0) is 13.8 Å². The molecule has 7 heteroatoms. The van der Waals surface area contributed by atoms with Crippen LogP contribution in [0, 0.1) is 0 Å². The molecule has 0 aliphatic carbocycles. The Morgan fingerprint density at radius 1 is 1.39 bits per heavy atom. The van der Waals surface area contributed by atoms with Crippen molar-refractivity contribution in [2.45, 2.75) is 26.1 Å². The molecule has 1 saturated heterocycles. The first-order valence-corrected chi connectivity index (χ1v) is 5.80. The van der Waals surface area contributed by atoms with Gasteiger partial charge in [-0.1, -0.05) is 5.16 Å². The van der Waals surface area contributed by atoms with Crippen LogP contribution in [0.4, 0.5) is 5.82 Å². The molecule has 18 heavy (non-hydrogen) atoms. The fourth-order valence-electron chi connectivity index (χ4n) is 2.03. The number of nitrogens with two attached hydrogens (primary N) is 1. The summed E-state index contributed by atoms with van der Waals surface area (Å²) in [6, 6.07) is 0. The summed E-state index contributed by atoms with van der Waals surface area (Å²) in [7, 11) is 0. The fraction of sp³-hybridized carbons (Fsp3) is 0.545. The SMILES string of the molecule is CC1CN(c2cnc(C(N)=NO)cn2)CC(C)O1. The van der Waals surface area contributed by atoms with Crippen LogP contribution < -0.4 is 10.6 Å². The Morgan fingerprint density at radius 2 is 2.06 bits per heavy atom. The van der Waals surface area contributed by atoms with Crippen molar-refractivity contribution in [2.75, 3.05) is 18.0 Å². The molecule has 2 atom stereocenters. The van der Waals surface area contributed by atoms with Gasteiger partial charge in [0.1, 0.15) is 11.5 Å². The molecule has 1 aliphatic heterocycles. The van der Waals surface area contributed by atoms with E-state index in [-0.39, 0.29) is 18.0 Å². The zero-order chi connectivity index (χ0) is 13.1. The Morgan fingerprint density at radius 3 is 2.56 bits per heavy atom. The minimum Gasteiger partial charge on any atom is -0.409 e. The molecule has 0 spiro atoms. The van der Waals surface area contributed by atoms with E-state index in [1.165, 1.54) is 6.20 Å².